The molecule has 0 bridgehead atoms. The Kier molecular flexibility index (Phi) is 5.68. The van der Waals surface area contributed by atoms with Gasteiger partial charge < -0.3 is 18.8 Å². The molecule has 0 aliphatic carbocycles. The van der Waals surface area contributed by atoms with Crippen LogP contribution in [0.2, 0.25) is 5.02 Å². The van der Waals surface area contributed by atoms with Crippen LogP contribution in [-0.4, -0.2) is 19.8 Å². The molecule has 0 N–H and O–H groups in total. The molecule has 7 heteroatoms. The normalized spacial score (nSPS) is 13.1. The summed E-state index contributed by atoms with van der Waals surface area (Å²) in [6, 6.07) is 10.4. The third kappa shape index (κ3) is 3.75. The fourth-order valence-electron chi connectivity index (χ4n) is 3.72. The maximum absolute atomic E-state index is 12.2. The number of ether oxygens (including phenoxy) is 2. The first-order chi connectivity index (χ1) is 14.5. The third-order valence-corrected chi connectivity index (χ3v) is 5.57. The zero-order chi connectivity index (χ0) is 21.3. The molecule has 6 nitrogen and oxygen atoms in total. The number of unbranched alkanes of at least 4 members (excludes halogenated alkanes) is 1. The fraction of sp³-hybridized carbons (Fsp3) is 0.304. The van der Waals surface area contributed by atoms with Gasteiger partial charge in [-0.05, 0) is 48.7 Å². The Morgan fingerprint density at radius 2 is 2.00 bits per heavy atom. The van der Waals surface area contributed by atoms with Crippen LogP contribution in [0.3, 0.4) is 0 Å². The van der Waals surface area contributed by atoms with Crippen molar-refractivity contribution in [2.45, 2.75) is 32.7 Å². The van der Waals surface area contributed by atoms with Crippen LogP contribution < -0.4 is 15.3 Å². The lowest BCUT2D eigenvalue weighted by Gasteiger charge is -2.31. The Balaban J connectivity index is 1.74. The van der Waals surface area contributed by atoms with Crippen molar-refractivity contribution in [2.75, 3.05) is 18.7 Å². The van der Waals surface area contributed by atoms with Crippen molar-refractivity contribution in [1.82, 2.24) is 0 Å². The van der Waals surface area contributed by atoms with Crippen LogP contribution in [0.5, 0.6) is 5.75 Å². The van der Waals surface area contributed by atoms with Crippen molar-refractivity contribution < 1.29 is 18.7 Å². The van der Waals surface area contributed by atoms with Gasteiger partial charge in [0.1, 0.15) is 11.3 Å². The Bertz CT molecular complexity index is 1150. The van der Waals surface area contributed by atoms with Crippen molar-refractivity contribution in [1.29, 1.82) is 0 Å². The summed E-state index contributed by atoms with van der Waals surface area (Å²) in [5, 5.41) is 1.35. The zero-order valence-corrected chi connectivity index (χ0v) is 17.6. The van der Waals surface area contributed by atoms with Crippen LogP contribution in [0.25, 0.3) is 11.0 Å². The number of fused-ring (bicyclic) bond motifs is 3. The molecule has 0 atom stereocenters. The van der Waals surface area contributed by atoms with E-state index < -0.39 is 0 Å². The van der Waals surface area contributed by atoms with E-state index in [0.29, 0.717) is 28.5 Å². The molecule has 3 aromatic rings. The number of rotatable bonds is 5. The largest absolute Gasteiger partial charge is 0.471 e. The molecule has 0 radical (unpaired) electrons. The van der Waals surface area contributed by atoms with E-state index in [4.69, 9.17) is 25.5 Å². The van der Waals surface area contributed by atoms with Crippen LogP contribution in [-0.2, 0) is 17.7 Å². The SMILES string of the molecule is CCCCc1cc(=O)oc2c3c(c(Cl)cc12)OCN(c1ccc(C(=O)OC)cc1)C3. The van der Waals surface area contributed by atoms with Crippen molar-refractivity contribution in [3.63, 3.8) is 0 Å². The Labute approximate surface area is 179 Å². The quantitative estimate of drug-likeness (QED) is 0.424. The number of carbonyl (C=O) groups is 1. The second-order valence-electron chi connectivity index (χ2n) is 7.25. The summed E-state index contributed by atoms with van der Waals surface area (Å²) in [5.41, 5.74) is 3.16. The van der Waals surface area contributed by atoms with Gasteiger partial charge in [0.05, 0.1) is 29.8 Å². The molecule has 2 heterocycles. The Hall–Kier alpha value is -2.99. The molecule has 0 fully saturated rings. The molecule has 2 aromatic carbocycles. The molecule has 0 unspecified atom stereocenters. The fourth-order valence-corrected chi connectivity index (χ4v) is 4.00. The number of nitrogens with zero attached hydrogens (tertiary/aromatic N) is 1. The number of anilines is 1. The molecule has 1 aromatic heterocycles. The minimum Gasteiger partial charge on any atom is -0.471 e. The summed E-state index contributed by atoms with van der Waals surface area (Å²) in [6.45, 7) is 2.86. The number of benzene rings is 2. The predicted octanol–water partition coefficient (Wildman–Crippen LogP) is 4.93. The minimum atomic E-state index is -0.388. The van der Waals surface area contributed by atoms with Gasteiger partial charge in [0.15, 0.2) is 6.73 Å². The van der Waals surface area contributed by atoms with Crippen LogP contribution >= 0.6 is 11.6 Å². The van der Waals surface area contributed by atoms with Gasteiger partial charge in [-0.2, -0.15) is 0 Å². The van der Waals surface area contributed by atoms with Crippen LogP contribution in [0.15, 0.2) is 45.6 Å². The maximum atomic E-state index is 12.2. The van der Waals surface area contributed by atoms with E-state index in [0.717, 1.165) is 41.5 Å². The van der Waals surface area contributed by atoms with Crippen LogP contribution in [0, 0.1) is 0 Å². The average molecular weight is 428 g/mol. The van der Waals surface area contributed by atoms with Crippen molar-refractivity contribution >= 4 is 34.2 Å². The molecule has 1 aliphatic heterocycles. The van der Waals surface area contributed by atoms with E-state index in [9.17, 15) is 9.59 Å². The van der Waals surface area contributed by atoms with E-state index >= 15 is 0 Å². The lowest BCUT2D eigenvalue weighted by Crippen LogP contribution is -2.32. The molecule has 0 saturated heterocycles. The zero-order valence-electron chi connectivity index (χ0n) is 16.9. The van der Waals surface area contributed by atoms with E-state index in [1.165, 1.54) is 7.11 Å². The Morgan fingerprint density at radius 1 is 1.23 bits per heavy atom. The van der Waals surface area contributed by atoms with Gasteiger partial charge in [-0.3, -0.25) is 0 Å². The lowest BCUT2D eigenvalue weighted by molar-refractivity contribution is 0.0600. The van der Waals surface area contributed by atoms with Gasteiger partial charge in [0.2, 0.25) is 0 Å². The number of carbonyl (C=O) groups excluding carboxylic acids is 1. The van der Waals surface area contributed by atoms with Crippen molar-refractivity contribution in [3.8, 4) is 5.75 Å². The minimum absolute atomic E-state index is 0.287. The number of aryl methyl sites for hydroxylation is 1. The number of methoxy groups -OCH3 is 1. The van der Waals surface area contributed by atoms with Gasteiger partial charge in [0.25, 0.3) is 0 Å². The van der Waals surface area contributed by atoms with Gasteiger partial charge in [-0.1, -0.05) is 24.9 Å². The molecule has 0 saturated carbocycles. The van der Waals surface area contributed by atoms with E-state index in [1.807, 2.05) is 23.1 Å². The van der Waals surface area contributed by atoms with Gasteiger partial charge >= 0.3 is 11.6 Å². The highest BCUT2D eigenvalue weighted by atomic mass is 35.5. The van der Waals surface area contributed by atoms with E-state index in [2.05, 4.69) is 6.92 Å². The van der Waals surface area contributed by atoms with Crippen molar-refractivity contribution in [2.24, 2.45) is 0 Å². The van der Waals surface area contributed by atoms with Crippen LogP contribution in [0.4, 0.5) is 5.69 Å². The third-order valence-electron chi connectivity index (χ3n) is 5.29. The van der Waals surface area contributed by atoms with E-state index in [-0.39, 0.29) is 18.3 Å². The lowest BCUT2D eigenvalue weighted by atomic mass is 10.0. The summed E-state index contributed by atoms with van der Waals surface area (Å²) in [7, 11) is 1.35. The van der Waals surface area contributed by atoms with Gasteiger partial charge in [-0.15, -0.1) is 0 Å². The van der Waals surface area contributed by atoms with Crippen LogP contribution in [0.1, 0.15) is 41.3 Å². The Morgan fingerprint density at radius 3 is 2.70 bits per heavy atom. The highest BCUT2D eigenvalue weighted by Crippen LogP contribution is 2.40. The summed E-state index contributed by atoms with van der Waals surface area (Å²) in [4.78, 5) is 25.9. The molecule has 1 aliphatic rings. The second-order valence-corrected chi connectivity index (χ2v) is 7.65. The van der Waals surface area contributed by atoms with Gasteiger partial charge in [0, 0.05) is 17.1 Å². The molecule has 0 amide bonds. The molecule has 4 rings (SSSR count). The predicted molar refractivity (Wildman–Crippen MR) is 116 cm³/mol. The first-order valence-corrected chi connectivity index (χ1v) is 10.2. The summed E-state index contributed by atoms with van der Waals surface area (Å²) < 4.78 is 16.3. The van der Waals surface area contributed by atoms with Gasteiger partial charge in [-0.25, -0.2) is 9.59 Å². The summed E-state index contributed by atoms with van der Waals surface area (Å²) in [6.07, 6.45) is 2.79. The molecule has 156 valence electrons. The molecule has 30 heavy (non-hydrogen) atoms. The monoisotopic (exact) mass is 427 g/mol. The standard InChI is InChI=1S/C23H22ClNO5/c1-3-4-5-15-10-20(26)30-21-17(15)11-19(24)22-18(21)12-25(13-29-22)16-8-6-14(7-9-16)23(27)28-2/h6-11H,3-5,12-13H2,1-2H3. The molecule has 0 spiro atoms. The van der Waals surface area contributed by atoms with E-state index in [1.54, 1.807) is 18.2 Å². The summed E-state index contributed by atoms with van der Waals surface area (Å²) in [5.74, 6) is 0.156. The topological polar surface area (TPSA) is 69.0 Å². The molecular formula is C23H22ClNO5. The first kappa shape index (κ1) is 20.3. The maximum Gasteiger partial charge on any atom is 0.337 e. The second kappa shape index (κ2) is 8.40. The number of hydrogen-bond acceptors (Lipinski definition) is 6. The summed E-state index contributed by atoms with van der Waals surface area (Å²) >= 11 is 6.52. The molecular weight excluding hydrogens is 406 g/mol. The highest BCUT2D eigenvalue weighted by molar-refractivity contribution is 6.33. The number of hydrogen-bond donors (Lipinski definition) is 0. The number of halogens is 1. The highest BCUT2D eigenvalue weighted by Gasteiger charge is 2.25. The smallest absolute Gasteiger partial charge is 0.337 e. The van der Waals surface area contributed by atoms with Crippen molar-refractivity contribution in [3.05, 3.63) is 68.5 Å². The number of esters is 1. The average Bonchev–Trinajstić information content (AvgIpc) is 2.77. The first-order valence-electron chi connectivity index (χ1n) is 9.86.